The largest absolute Gasteiger partial charge is 0.335 e. The maximum Gasteiger partial charge on any atom is 0.243 e. The Bertz CT molecular complexity index is 1020. The van der Waals surface area contributed by atoms with Gasteiger partial charge in [0.05, 0.1) is 10.9 Å². The zero-order valence-corrected chi connectivity index (χ0v) is 17.3. The molecule has 0 radical (unpaired) electrons. The molecule has 1 amide bonds. The van der Waals surface area contributed by atoms with Gasteiger partial charge in [0, 0.05) is 25.6 Å². The molecular formula is C22H24F2N2O3S. The van der Waals surface area contributed by atoms with E-state index >= 15 is 0 Å². The van der Waals surface area contributed by atoms with Crippen LogP contribution < -0.4 is 0 Å². The van der Waals surface area contributed by atoms with Crippen molar-refractivity contribution in [2.45, 2.75) is 36.6 Å². The summed E-state index contributed by atoms with van der Waals surface area (Å²) in [4.78, 5) is 14.8. The molecule has 1 unspecified atom stereocenters. The first kappa shape index (κ1) is 20.9. The fourth-order valence-electron chi connectivity index (χ4n) is 4.42. The van der Waals surface area contributed by atoms with E-state index in [0.29, 0.717) is 25.5 Å². The van der Waals surface area contributed by atoms with Crippen LogP contribution in [0.15, 0.2) is 53.4 Å². The number of sulfonamides is 1. The van der Waals surface area contributed by atoms with Gasteiger partial charge in [-0.1, -0.05) is 30.3 Å². The number of amides is 1. The van der Waals surface area contributed by atoms with Crippen LogP contribution in [0, 0.1) is 17.6 Å². The van der Waals surface area contributed by atoms with Crippen molar-refractivity contribution in [1.82, 2.24) is 9.21 Å². The summed E-state index contributed by atoms with van der Waals surface area (Å²) >= 11 is 0. The van der Waals surface area contributed by atoms with E-state index in [2.05, 4.69) is 0 Å². The number of likely N-dealkylation sites (tertiary alicyclic amines) is 1. The van der Waals surface area contributed by atoms with Crippen LogP contribution >= 0.6 is 0 Å². The lowest BCUT2D eigenvalue weighted by atomic mass is 9.95. The quantitative estimate of drug-likeness (QED) is 0.737. The van der Waals surface area contributed by atoms with Gasteiger partial charge in [-0.25, -0.2) is 17.2 Å². The Hall–Kier alpha value is -2.32. The Morgan fingerprint density at radius 3 is 2.27 bits per heavy atom. The molecule has 2 aromatic rings. The van der Waals surface area contributed by atoms with E-state index in [1.54, 1.807) is 0 Å². The maximum absolute atomic E-state index is 13.5. The van der Waals surface area contributed by atoms with Gasteiger partial charge in [0.1, 0.15) is 0 Å². The summed E-state index contributed by atoms with van der Waals surface area (Å²) in [5.41, 5.74) is 1.13. The molecule has 2 aliphatic heterocycles. The summed E-state index contributed by atoms with van der Waals surface area (Å²) in [6.07, 6.45) is 2.72. The molecule has 2 saturated heterocycles. The van der Waals surface area contributed by atoms with Crippen LogP contribution in [0.4, 0.5) is 8.78 Å². The predicted octanol–water partition coefficient (Wildman–Crippen LogP) is 3.73. The minimum Gasteiger partial charge on any atom is -0.335 e. The van der Waals surface area contributed by atoms with Gasteiger partial charge in [0.25, 0.3) is 0 Å². The molecule has 0 bridgehead atoms. The molecule has 2 aliphatic rings. The van der Waals surface area contributed by atoms with Crippen LogP contribution in [0.1, 0.15) is 37.3 Å². The monoisotopic (exact) mass is 434 g/mol. The van der Waals surface area contributed by atoms with Crippen LogP contribution in [-0.2, 0) is 14.8 Å². The number of hydrogen-bond acceptors (Lipinski definition) is 3. The van der Waals surface area contributed by atoms with Crippen molar-refractivity contribution >= 4 is 15.9 Å². The van der Waals surface area contributed by atoms with Crippen molar-refractivity contribution in [3.8, 4) is 0 Å². The summed E-state index contributed by atoms with van der Waals surface area (Å²) in [5, 5.41) is 0. The smallest absolute Gasteiger partial charge is 0.243 e. The summed E-state index contributed by atoms with van der Waals surface area (Å²) < 4.78 is 53.4. The van der Waals surface area contributed by atoms with Crippen LogP contribution in [0.2, 0.25) is 0 Å². The maximum atomic E-state index is 13.5. The number of piperidine rings is 1. The van der Waals surface area contributed by atoms with Gasteiger partial charge in [-0.05, 0) is 49.4 Å². The Balaban J connectivity index is 1.42. The number of hydrogen-bond donors (Lipinski definition) is 0. The van der Waals surface area contributed by atoms with Gasteiger partial charge in [0.15, 0.2) is 11.6 Å². The normalized spacial score (nSPS) is 21.1. The number of rotatable bonds is 4. The molecule has 8 heteroatoms. The van der Waals surface area contributed by atoms with Crippen molar-refractivity contribution in [3.05, 3.63) is 65.7 Å². The van der Waals surface area contributed by atoms with Crippen LogP contribution in [0.3, 0.4) is 0 Å². The third-order valence-electron chi connectivity index (χ3n) is 6.05. The van der Waals surface area contributed by atoms with Gasteiger partial charge in [0.2, 0.25) is 15.9 Å². The molecular weight excluding hydrogens is 410 g/mol. The standard InChI is InChI=1S/C22H24F2N2O3S/c23-19-9-8-18(15-20(19)24)30(28,29)25-13-10-17(11-14-25)22(27)26-12-4-7-21(26)16-5-2-1-3-6-16/h1-3,5-6,8-9,15,17,21H,4,7,10-14H2. The second kappa shape index (κ2) is 8.43. The van der Waals surface area contributed by atoms with Crippen molar-refractivity contribution in [2.75, 3.05) is 19.6 Å². The molecule has 4 rings (SSSR count). The molecule has 160 valence electrons. The number of nitrogens with zero attached hydrogens (tertiary/aromatic N) is 2. The Morgan fingerprint density at radius 2 is 1.60 bits per heavy atom. The molecule has 30 heavy (non-hydrogen) atoms. The van der Waals surface area contributed by atoms with Crippen molar-refractivity contribution < 1.29 is 22.0 Å². The highest BCUT2D eigenvalue weighted by Crippen LogP contribution is 2.35. The molecule has 0 aliphatic carbocycles. The molecule has 0 N–H and O–H groups in total. The van der Waals surface area contributed by atoms with Crippen molar-refractivity contribution in [3.63, 3.8) is 0 Å². The molecule has 0 aromatic heterocycles. The third-order valence-corrected chi connectivity index (χ3v) is 7.95. The number of carbonyl (C=O) groups is 1. The SMILES string of the molecule is O=C(C1CCN(S(=O)(=O)c2ccc(F)c(F)c2)CC1)N1CCCC1c1ccccc1. The highest BCUT2D eigenvalue weighted by molar-refractivity contribution is 7.89. The minimum atomic E-state index is -3.92. The first-order chi connectivity index (χ1) is 14.4. The lowest BCUT2D eigenvalue weighted by Crippen LogP contribution is -2.44. The average Bonchev–Trinajstić information content (AvgIpc) is 3.25. The lowest BCUT2D eigenvalue weighted by molar-refractivity contribution is -0.137. The van der Waals surface area contributed by atoms with Crippen LogP contribution in [0.25, 0.3) is 0 Å². The van der Waals surface area contributed by atoms with Gasteiger partial charge in [-0.2, -0.15) is 4.31 Å². The molecule has 5 nitrogen and oxygen atoms in total. The molecule has 2 aromatic carbocycles. The fourth-order valence-corrected chi connectivity index (χ4v) is 5.90. The molecule has 2 fully saturated rings. The predicted molar refractivity (Wildman–Crippen MR) is 108 cm³/mol. The van der Waals surface area contributed by atoms with Crippen LogP contribution in [0.5, 0.6) is 0 Å². The third kappa shape index (κ3) is 3.98. The highest BCUT2D eigenvalue weighted by atomic mass is 32.2. The van der Waals surface area contributed by atoms with Gasteiger partial charge in [-0.3, -0.25) is 4.79 Å². The first-order valence-corrected chi connectivity index (χ1v) is 11.6. The zero-order chi connectivity index (χ0) is 21.3. The van der Waals surface area contributed by atoms with E-state index in [9.17, 15) is 22.0 Å². The lowest BCUT2D eigenvalue weighted by Gasteiger charge is -2.34. The molecule has 1 atom stereocenters. The summed E-state index contributed by atoms with van der Waals surface area (Å²) in [6.45, 7) is 1.08. The number of halogens is 2. The Morgan fingerprint density at radius 1 is 0.900 bits per heavy atom. The fraction of sp³-hybridized carbons (Fsp3) is 0.409. The highest BCUT2D eigenvalue weighted by Gasteiger charge is 2.37. The molecule has 2 heterocycles. The van der Waals surface area contributed by atoms with E-state index in [1.165, 1.54) is 4.31 Å². The van der Waals surface area contributed by atoms with Gasteiger partial charge < -0.3 is 4.90 Å². The summed E-state index contributed by atoms with van der Waals surface area (Å²) in [7, 11) is -3.92. The summed E-state index contributed by atoms with van der Waals surface area (Å²) in [6, 6.07) is 12.6. The van der Waals surface area contributed by atoms with E-state index < -0.39 is 21.7 Å². The van der Waals surface area contributed by atoms with E-state index in [-0.39, 0.29) is 35.9 Å². The van der Waals surface area contributed by atoms with Crippen molar-refractivity contribution in [2.24, 2.45) is 5.92 Å². The summed E-state index contributed by atoms with van der Waals surface area (Å²) in [5.74, 6) is -2.43. The Labute approximate surface area is 175 Å². The minimum absolute atomic E-state index is 0.0719. The molecule has 0 spiro atoms. The second-order valence-electron chi connectivity index (χ2n) is 7.85. The van der Waals surface area contributed by atoms with E-state index in [0.717, 1.165) is 30.5 Å². The second-order valence-corrected chi connectivity index (χ2v) is 9.79. The molecule has 0 saturated carbocycles. The van der Waals surface area contributed by atoms with E-state index in [4.69, 9.17) is 0 Å². The van der Waals surface area contributed by atoms with Gasteiger partial charge >= 0.3 is 0 Å². The van der Waals surface area contributed by atoms with E-state index in [1.807, 2.05) is 35.2 Å². The van der Waals surface area contributed by atoms with Gasteiger partial charge in [-0.15, -0.1) is 0 Å². The number of carbonyl (C=O) groups excluding carboxylic acids is 1. The number of benzene rings is 2. The zero-order valence-electron chi connectivity index (χ0n) is 16.5. The Kier molecular flexibility index (Phi) is 5.88. The first-order valence-electron chi connectivity index (χ1n) is 10.2. The topological polar surface area (TPSA) is 57.7 Å². The van der Waals surface area contributed by atoms with Crippen LogP contribution in [-0.4, -0.2) is 43.2 Å². The van der Waals surface area contributed by atoms with Crippen molar-refractivity contribution in [1.29, 1.82) is 0 Å². The average molecular weight is 435 g/mol.